The van der Waals surface area contributed by atoms with E-state index in [1.54, 1.807) is 0 Å². The molecule has 0 unspecified atom stereocenters. The lowest BCUT2D eigenvalue weighted by atomic mass is 9.91. The highest BCUT2D eigenvalue weighted by Gasteiger charge is 2.27. The fourth-order valence-electron chi connectivity index (χ4n) is 3.78. The van der Waals surface area contributed by atoms with E-state index >= 15 is 0 Å². The number of carboxylic acids is 1. The number of likely N-dealkylation sites (N-methyl/N-ethyl adjacent to an activating group) is 1. The third-order valence-electron chi connectivity index (χ3n) is 5.25. The standard InChI is InChI=1S/C23H22N2O2/c1-3-25-13-17(12-16-9-5-4-8-15(16)2)22-19(14-25)21(23(26)27)18-10-6-7-11-20(18)24-22/h4-12H,3,13-14H2,1-2H3,(H,26,27). The van der Waals surface area contributed by atoms with Crippen LogP contribution < -0.4 is 0 Å². The van der Waals surface area contributed by atoms with Crippen LogP contribution in [0.5, 0.6) is 0 Å². The van der Waals surface area contributed by atoms with Crippen LogP contribution in [0.25, 0.3) is 22.6 Å². The number of hydrogen-bond donors (Lipinski definition) is 1. The zero-order valence-electron chi connectivity index (χ0n) is 15.6. The van der Waals surface area contributed by atoms with E-state index in [9.17, 15) is 9.90 Å². The van der Waals surface area contributed by atoms with Crippen molar-refractivity contribution in [1.29, 1.82) is 0 Å². The van der Waals surface area contributed by atoms with Crippen molar-refractivity contribution in [3.63, 3.8) is 0 Å². The molecule has 27 heavy (non-hydrogen) atoms. The van der Waals surface area contributed by atoms with E-state index in [4.69, 9.17) is 4.98 Å². The van der Waals surface area contributed by atoms with Gasteiger partial charge in [-0.1, -0.05) is 49.4 Å². The van der Waals surface area contributed by atoms with Crippen LogP contribution in [0.1, 0.15) is 39.7 Å². The molecule has 1 aliphatic rings. The number of aromatic nitrogens is 1. The summed E-state index contributed by atoms with van der Waals surface area (Å²) >= 11 is 0. The molecule has 1 aromatic heterocycles. The van der Waals surface area contributed by atoms with E-state index in [0.29, 0.717) is 17.5 Å². The number of rotatable bonds is 3. The van der Waals surface area contributed by atoms with Crippen LogP contribution in [0.3, 0.4) is 0 Å². The number of nitrogens with zero attached hydrogens (tertiary/aromatic N) is 2. The molecule has 0 saturated heterocycles. The van der Waals surface area contributed by atoms with Gasteiger partial charge in [0.1, 0.15) is 0 Å². The molecule has 3 aromatic rings. The van der Waals surface area contributed by atoms with Gasteiger partial charge in [0.15, 0.2) is 0 Å². The summed E-state index contributed by atoms with van der Waals surface area (Å²) in [5, 5.41) is 10.7. The first-order valence-corrected chi connectivity index (χ1v) is 9.22. The van der Waals surface area contributed by atoms with Gasteiger partial charge in [0.25, 0.3) is 0 Å². The number of benzene rings is 2. The SMILES string of the molecule is CCN1CC(=Cc2ccccc2C)c2nc3ccccc3c(C(=O)O)c2C1. The average Bonchev–Trinajstić information content (AvgIpc) is 2.67. The number of aromatic carboxylic acids is 1. The van der Waals surface area contributed by atoms with Crippen LogP contribution in [0.4, 0.5) is 0 Å². The molecule has 0 atom stereocenters. The van der Waals surface area contributed by atoms with Crippen molar-refractivity contribution in [2.75, 3.05) is 13.1 Å². The molecule has 4 nitrogen and oxygen atoms in total. The molecule has 136 valence electrons. The number of carboxylic acid groups (broad SMARTS) is 1. The van der Waals surface area contributed by atoms with Gasteiger partial charge in [-0.05, 0) is 42.3 Å². The quantitative estimate of drug-likeness (QED) is 0.742. The molecule has 2 aromatic carbocycles. The Morgan fingerprint density at radius 2 is 1.89 bits per heavy atom. The van der Waals surface area contributed by atoms with E-state index in [1.165, 1.54) is 5.56 Å². The second kappa shape index (κ2) is 6.97. The normalized spacial score (nSPS) is 15.9. The Bertz CT molecular complexity index is 1070. The highest BCUT2D eigenvalue weighted by Crippen LogP contribution is 2.34. The van der Waals surface area contributed by atoms with Crippen LogP contribution in [0.2, 0.25) is 0 Å². The van der Waals surface area contributed by atoms with Gasteiger partial charge in [-0.3, -0.25) is 4.90 Å². The Kier molecular flexibility index (Phi) is 4.50. The van der Waals surface area contributed by atoms with Gasteiger partial charge in [-0.2, -0.15) is 0 Å². The van der Waals surface area contributed by atoms with Crippen molar-refractivity contribution in [2.24, 2.45) is 0 Å². The fraction of sp³-hybridized carbons (Fsp3) is 0.217. The second-order valence-corrected chi connectivity index (χ2v) is 6.97. The van der Waals surface area contributed by atoms with Gasteiger partial charge in [-0.25, -0.2) is 9.78 Å². The van der Waals surface area contributed by atoms with E-state index in [0.717, 1.165) is 41.0 Å². The zero-order valence-corrected chi connectivity index (χ0v) is 15.6. The summed E-state index contributed by atoms with van der Waals surface area (Å²) in [6.07, 6.45) is 2.16. The van der Waals surface area contributed by atoms with Crippen molar-refractivity contribution >= 4 is 28.5 Å². The maximum absolute atomic E-state index is 12.1. The third kappa shape index (κ3) is 3.13. The Labute approximate surface area is 158 Å². The molecule has 0 radical (unpaired) electrons. The predicted molar refractivity (Wildman–Crippen MR) is 109 cm³/mol. The summed E-state index contributed by atoms with van der Waals surface area (Å²) in [6.45, 7) is 6.42. The van der Waals surface area contributed by atoms with Crippen LogP contribution in [0.15, 0.2) is 48.5 Å². The van der Waals surface area contributed by atoms with E-state index in [-0.39, 0.29) is 0 Å². The van der Waals surface area contributed by atoms with Crippen LogP contribution in [0, 0.1) is 6.92 Å². The van der Waals surface area contributed by atoms with Crippen molar-refractivity contribution < 1.29 is 9.90 Å². The molecule has 0 bridgehead atoms. The minimum atomic E-state index is -0.891. The van der Waals surface area contributed by atoms with Crippen molar-refractivity contribution in [3.05, 3.63) is 76.5 Å². The number of pyridine rings is 1. The summed E-state index contributed by atoms with van der Waals surface area (Å²) in [7, 11) is 0. The van der Waals surface area contributed by atoms with Crippen molar-refractivity contribution in [2.45, 2.75) is 20.4 Å². The Balaban J connectivity index is 2.01. The molecule has 0 amide bonds. The first-order valence-electron chi connectivity index (χ1n) is 9.22. The molecule has 0 spiro atoms. The molecule has 2 heterocycles. The lowest BCUT2D eigenvalue weighted by Gasteiger charge is -2.30. The molecule has 4 heteroatoms. The first kappa shape index (κ1) is 17.4. The lowest BCUT2D eigenvalue weighted by Crippen LogP contribution is -2.31. The molecular formula is C23H22N2O2. The van der Waals surface area contributed by atoms with Gasteiger partial charge in [-0.15, -0.1) is 0 Å². The minimum absolute atomic E-state index is 0.379. The summed E-state index contributed by atoms with van der Waals surface area (Å²) < 4.78 is 0. The van der Waals surface area contributed by atoms with Gasteiger partial charge in [0.05, 0.1) is 16.8 Å². The van der Waals surface area contributed by atoms with Crippen LogP contribution >= 0.6 is 0 Å². The fourth-order valence-corrected chi connectivity index (χ4v) is 3.78. The molecule has 4 rings (SSSR count). The van der Waals surface area contributed by atoms with Gasteiger partial charge >= 0.3 is 5.97 Å². The topological polar surface area (TPSA) is 53.4 Å². The van der Waals surface area contributed by atoms with E-state index in [2.05, 4.69) is 37.0 Å². The zero-order chi connectivity index (χ0) is 19.0. The Hall–Kier alpha value is -2.98. The average molecular weight is 358 g/mol. The van der Waals surface area contributed by atoms with Crippen LogP contribution in [-0.4, -0.2) is 34.0 Å². The Morgan fingerprint density at radius 1 is 1.15 bits per heavy atom. The third-order valence-corrected chi connectivity index (χ3v) is 5.25. The monoisotopic (exact) mass is 358 g/mol. The molecule has 1 aliphatic heterocycles. The van der Waals surface area contributed by atoms with Crippen LogP contribution in [-0.2, 0) is 6.54 Å². The molecule has 0 aliphatic carbocycles. The maximum Gasteiger partial charge on any atom is 0.336 e. The molecule has 1 N–H and O–H groups in total. The maximum atomic E-state index is 12.1. The first-order chi connectivity index (χ1) is 13.1. The van der Waals surface area contributed by atoms with Crippen molar-refractivity contribution in [1.82, 2.24) is 9.88 Å². The highest BCUT2D eigenvalue weighted by atomic mass is 16.4. The molecule has 0 fully saturated rings. The predicted octanol–water partition coefficient (Wildman–Crippen LogP) is 4.62. The summed E-state index contributed by atoms with van der Waals surface area (Å²) in [4.78, 5) is 19.3. The number of hydrogen-bond acceptors (Lipinski definition) is 3. The smallest absolute Gasteiger partial charge is 0.336 e. The lowest BCUT2D eigenvalue weighted by molar-refractivity contribution is 0.0696. The number of para-hydroxylation sites is 1. The largest absolute Gasteiger partial charge is 0.478 e. The second-order valence-electron chi connectivity index (χ2n) is 6.97. The van der Waals surface area contributed by atoms with E-state index in [1.807, 2.05) is 36.4 Å². The van der Waals surface area contributed by atoms with E-state index < -0.39 is 5.97 Å². The Morgan fingerprint density at radius 3 is 2.63 bits per heavy atom. The number of carbonyl (C=O) groups is 1. The molecule has 0 saturated carbocycles. The van der Waals surface area contributed by atoms with Gasteiger partial charge in [0, 0.05) is 24.0 Å². The summed E-state index contributed by atoms with van der Waals surface area (Å²) in [5.74, 6) is -0.891. The summed E-state index contributed by atoms with van der Waals surface area (Å²) in [6, 6.07) is 15.7. The number of aryl methyl sites for hydroxylation is 1. The summed E-state index contributed by atoms with van der Waals surface area (Å²) in [5.41, 5.74) is 6.15. The molecular weight excluding hydrogens is 336 g/mol. The van der Waals surface area contributed by atoms with Gasteiger partial charge in [0.2, 0.25) is 0 Å². The minimum Gasteiger partial charge on any atom is -0.478 e. The van der Waals surface area contributed by atoms with Crippen molar-refractivity contribution in [3.8, 4) is 0 Å². The number of fused-ring (bicyclic) bond motifs is 2. The highest BCUT2D eigenvalue weighted by molar-refractivity contribution is 6.06. The van der Waals surface area contributed by atoms with Gasteiger partial charge < -0.3 is 5.11 Å².